The molecule has 126 valence electrons. The SMILES string of the molecule is O=C(NCc1ccc(CN2CCOCC2)cc1)c1cccc(F)c1. The van der Waals surface area contributed by atoms with Gasteiger partial charge in [-0.1, -0.05) is 30.3 Å². The van der Waals surface area contributed by atoms with Crippen LogP contribution >= 0.6 is 0 Å². The van der Waals surface area contributed by atoms with Crippen LogP contribution in [0.4, 0.5) is 4.39 Å². The molecule has 0 unspecified atom stereocenters. The second-order valence-corrected chi connectivity index (χ2v) is 5.90. The smallest absolute Gasteiger partial charge is 0.251 e. The maximum atomic E-state index is 13.1. The maximum Gasteiger partial charge on any atom is 0.251 e. The first-order valence-corrected chi connectivity index (χ1v) is 8.12. The molecular formula is C19H21FN2O2. The number of nitrogens with zero attached hydrogens (tertiary/aromatic N) is 1. The average Bonchev–Trinajstić information content (AvgIpc) is 2.62. The van der Waals surface area contributed by atoms with E-state index in [0.717, 1.165) is 38.4 Å². The van der Waals surface area contributed by atoms with Gasteiger partial charge in [-0.2, -0.15) is 0 Å². The number of ether oxygens (including phenoxy) is 1. The quantitative estimate of drug-likeness (QED) is 0.917. The normalized spacial score (nSPS) is 15.2. The highest BCUT2D eigenvalue weighted by molar-refractivity contribution is 5.94. The van der Waals surface area contributed by atoms with Gasteiger partial charge in [0.25, 0.3) is 5.91 Å². The molecular weight excluding hydrogens is 307 g/mol. The summed E-state index contributed by atoms with van der Waals surface area (Å²) in [5, 5.41) is 2.81. The van der Waals surface area contributed by atoms with E-state index in [1.54, 1.807) is 6.07 Å². The molecule has 0 aliphatic carbocycles. The zero-order valence-electron chi connectivity index (χ0n) is 13.5. The summed E-state index contributed by atoms with van der Waals surface area (Å²) < 4.78 is 18.5. The zero-order valence-corrected chi connectivity index (χ0v) is 13.5. The van der Waals surface area contributed by atoms with E-state index in [9.17, 15) is 9.18 Å². The van der Waals surface area contributed by atoms with Crippen LogP contribution < -0.4 is 5.32 Å². The Kier molecular flexibility index (Phi) is 5.56. The van der Waals surface area contributed by atoms with Gasteiger partial charge in [0.1, 0.15) is 5.82 Å². The van der Waals surface area contributed by atoms with Gasteiger partial charge in [-0.3, -0.25) is 9.69 Å². The molecule has 0 atom stereocenters. The summed E-state index contributed by atoms with van der Waals surface area (Å²) in [7, 11) is 0. The number of amides is 1. The van der Waals surface area contributed by atoms with Crippen molar-refractivity contribution in [1.29, 1.82) is 0 Å². The Morgan fingerprint density at radius 2 is 1.79 bits per heavy atom. The van der Waals surface area contributed by atoms with Crippen molar-refractivity contribution in [2.75, 3.05) is 26.3 Å². The fourth-order valence-electron chi connectivity index (χ4n) is 2.69. The topological polar surface area (TPSA) is 41.6 Å². The summed E-state index contributed by atoms with van der Waals surface area (Å²) in [6.45, 7) is 4.86. The van der Waals surface area contributed by atoms with E-state index < -0.39 is 5.82 Å². The Morgan fingerprint density at radius 1 is 1.08 bits per heavy atom. The van der Waals surface area contributed by atoms with Gasteiger partial charge in [0.05, 0.1) is 13.2 Å². The standard InChI is InChI=1S/C19H21FN2O2/c20-18-3-1-2-17(12-18)19(23)21-13-15-4-6-16(7-5-15)14-22-8-10-24-11-9-22/h1-7,12H,8-11,13-14H2,(H,21,23). The third kappa shape index (κ3) is 4.63. The lowest BCUT2D eigenvalue weighted by Gasteiger charge is -2.26. The number of nitrogens with one attached hydrogen (secondary N) is 1. The fourth-order valence-corrected chi connectivity index (χ4v) is 2.69. The summed E-state index contributed by atoms with van der Waals surface area (Å²) in [5.41, 5.74) is 2.60. The van der Waals surface area contributed by atoms with E-state index in [4.69, 9.17) is 4.74 Å². The van der Waals surface area contributed by atoms with Crippen LogP contribution in [0.3, 0.4) is 0 Å². The van der Waals surface area contributed by atoms with Crippen molar-refractivity contribution in [2.24, 2.45) is 0 Å². The van der Waals surface area contributed by atoms with Crippen molar-refractivity contribution >= 4 is 5.91 Å². The molecule has 0 saturated carbocycles. The molecule has 1 aliphatic rings. The Labute approximate surface area is 141 Å². The van der Waals surface area contributed by atoms with E-state index in [2.05, 4.69) is 22.3 Å². The van der Waals surface area contributed by atoms with Gasteiger partial charge in [-0.25, -0.2) is 4.39 Å². The third-order valence-corrected chi connectivity index (χ3v) is 4.07. The minimum atomic E-state index is -0.407. The Balaban J connectivity index is 1.51. The van der Waals surface area contributed by atoms with Crippen molar-refractivity contribution in [3.8, 4) is 0 Å². The number of morpholine rings is 1. The van der Waals surface area contributed by atoms with Gasteiger partial charge in [0.15, 0.2) is 0 Å². The number of carbonyl (C=O) groups excluding carboxylic acids is 1. The Morgan fingerprint density at radius 3 is 2.50 bits per heavy atom. The first-order valence-electron chi connectivity index (χ1n) is 8.12. The molecule has 1 N–H and O–H groups in total. The number of carbonyl (C=O) groups is 1. The van der Waals surface area contributed by atoms with Crippen LogP contribution in [0.5, 0.6) is 0 Å². The Bertz CT molecular complexity index is 682. The van der Waals surface area contributed by atoms with E-state index in [-0.39, 0.29) is 5.91 Å². The highest BCUT2D eigenvalue weighted by Crippen LogP contribution is 2.10. The largest absolute Gasteiger partial charge is 0.379 e. The maximum absolute atomic E-state index is 13.1. The van der Waals surface area contributed by atoms with Crippen LogP contribution in [-0.2, 0) is 17.8 Å². The second kappa shape index (κ2) is 8.04. The predicted molar refractivity (Wildman–Crippen MR) is 90.1 cm³/mol. The first kappa shape index (κ1) is 16.6. The van der Waals surface area contributed by atoms with Crippen molar-refractivity contribution in [2.45, 2.75) is 13.1 Å². The zero-order chi connectivity index (χ0) is 16.8. The lowest BCUT2D eigenvalue weighted by atomic mass is 10.1. The number of rotatable bonds is 5. The molecule has 1 amide bonds. The van der Waals surface area contributed by atoms with Gasteiger partial charge >= 0.3 is 0 Å². The van der Waals surface area contributed by atoms with Gasteiger partial charge in [-0.05, 0) is 29.3 Å². The summed E-state index contributed by atoms with van der Waals surface area (Å²) in [4.78, 5) is 14.4. The molecule has 24 heavy (non-hydrogen) atoms. The summed E-state index contributed by atoms with van der Waals surface area (Å²) in [6, 6.07) is 13.9. The van der Waals surface area contributed by atoms with Crippen molar-refractivity contribution in [3.05, 3.63) is 71.0 Å². The lowest BCUT2D eigenvalue weighted by molar-refractivity contribution is 0.0342. The highest BCUT2D eigenvalue weighted by atomic mass is 19.1. The predicted octanol–water partition coefficient (Wildman–Crippen LogP) is 2.59. The molecule has 1 fully saturated rings. The fraction of sp³-hybridized carbons (Fsp3) is 0.316. The van der Waals surface area contributed by atoms with E-state index in [1.165, 1.54) is 23.8 Å². The van der Waals surface area contributed by atoms with Crippen LogP contribution in [0, 0.1) is 5.82 Å². The summed E-state index contributed by atoms with van der Waals surface area (Å²) in [5.74, 6) is -0.679. The monoisotopic (exact) mass is 328 g/mol. The van der Waals surface area contributed by atoms with Crippen LogP contribution in [0.1, 0.15) is 21.5 Å². The van der Waals surface area contributed by atoms with Crippen molar-refractivity contribution in [3.63, 3.8) is 0 Å². The minimum Gasteiger partial charge on any atom is -0.379 e. The number of hydrogen-bond acceptors (Lipinski definition) is 3. The van der Waals surface area contributed by atoms with E-state index in [0.29, 0.717) is 12.1 Å². The lowest BCUT2D eigenvalue weighted by Crippen LogP contribution is -2.35. The van der Waals surface area contributed by atoms with Crippen LogP contribution in [0.15, 0.2) is 48.5 Å². The van der Waals surface area contributed by atoms with Crippen LogP contribution in [-0.4, -0.2) is 37.1 Å². The van der Waals surface area contributed by atoms with Crippen molar-refractivity contribution < 1.29 is 13.9 Å². The Hall–Kier alpha value is -2.24. The van der Waals surface area contributed by atoms with Gasteiger partial charge in [0.2, 0.25) is 0 Å². The van der Waals surface area contributed by atoms with Crippen LogP contribution in [0.2, 0.25) is 0 Å². The molecule has 4 nitrogen and oxygen atoms in total. The van der Waals surface area contributed by atoms with E-state index >= 15 is 0 Å². The molecule has 5 heteroatoms. The first-order chi connectivity index (χ1) is 11.7. The van der Waals surface area contributed by atoms with Gasteiger partial charge < -0.3 is 10.1 Å². The molecule has 2 aromatic rings. The minimum absolute atomic E-state index is 0.271. The third-order valence-electron chi connectivity index (χ3n) is 4.07. The van der Waals surface area contributed by atoms with Gasteiger partial charge in [-0.15, -0.1) is 0 Å². The second-order valence-electron chi connectivity index (χ2n) is 5.90. The molecule has 0 radical (unpaired) electrons. The molecule has 1 heterocycles. The molecule has 0 spiro atoms. The van der Waals surface area contributed by atoms with Crippen molar-refractivity contribution in [1.82, 2.24) is 10.2 Å². The molecule has 1 aliphatic heterocycles. The summed E-state index contributed by atoms with van der Waals surface area (Å²) in [6.07, 6.45) is 0. The highest BCUT2D eigenvalue weighted by Gasteiger charge is 2.10. The molecule has 0 bridgehead atoms. The number of halogens is 1. The van der Waals surface area contributed by atoms with Crippen LogP contribution in [0.25, 0.3) is 0 Å². The average molecular weight is 328 g/mol. The summed E-state index contributed by atoms with van der Waals surface area (Å²) >= 11 is 0. The molecule has 3 rings (SSSR count). The molecule has 2 aromatic carbocycles. The molecule has 0 aromatic heterocycles. The number of hydrogen-bond donors (Lipinski definition) is 1. The number of benzene rings is 2. The van der Waals surface area contributed by atoms with Gasteiger partial charge in [0, 0.05) is 31.7 Å². The molecule has 1 saturated heterocycles. The van der Waals surface area contributed by atoms with E-state index in [1.807, 2.05) is 12.1 Å².